The fourth-order valence-electron chi connectivity index (χ4n) is 6.69. The first-order valence-corrected chi connectivity index (χ1v) is 24.6. The third-order valence-electron chi connectivity index (χ3n) is 10.3. The van der Waals surface area contributed by atoms with Crippen LogP contribution in [0.3, 0.4) is 0 Å². The molecule has 0 aliphatic heterocycles. The number of hydrogen-bond donors (Lipinski definition) is 5. The van der Waals surface area contributed by atoms with E-state index in [1.54, 1.807) is 12.2 Å². The average molecular weight is 908 g/mol. The summed E-state index contributed by atoms with van der Waals surface area (Å²) in [5.41, 5.74) is 5.33. The van der Waals surface area contributed by atoms with E-state index >= 15 is 0 Å². The van der Waals surface area contributed by atoms with Gasteiger partial charge in [0.1, 0.15) is 18.4 Å². The van der Waals surface area contributed by atoms with Gasteiger partial charge in [0.2, 0.25) is 0 Å². The van der Waals surface area contributed by atoms with E-state index in [1.165, 1.54) is 0 Å². The number of Topliss-reactive ketones (excluding diaryl/α,β-unsaturated/α-hetero) is 1. The zero-order valence-corrected chi connectivity index (χ0v) is 38.7. The van der Waals surface area contributed by atoms with E-state index in [1.807, 2.05) is 0 Å². The summed E-state index contributed by atoms with van der Waals surface area (Å²) in [6.45, 7) is 2.30. The maximum absolute atomic E-state index is 12.7. The number of unbranched alkanes of at least 4 members (excludes halogenated alkanes) is 8. The van der Waals surface area contributed by atoms with E-state index in [-0.39, 0.29) is 36.9 Å². The second-order valence-corrected chi connectivity index (χ2v) is 17.4. The van der Waals surface area contributed by atoms with Crippen LogP contribution in [0.1, 0.15) is 149 Å². The first-order valence-electron chi connectivity index (χ1n) is 23.1. The lowest BCUT2D eigenvalue weighted by molar-refractivity contribution is -0.161. The van der Waals surface area contributed by atoms with Crippen molar-refractivity contribution in [2.75, 3.05) is 19.8 Å². The Balaban J connectivity index is 2.47. The maximum Gasteiger partial charge on any atom is 0.472 e. The lowest BCUT2D eigenvalue weighted by atomic mass is 9.88. The predicted octanol–water partition coefficient (Wildman–Crippen LogP) is 9.09. The Hall–Kier alpha value is -3.49. The van der Waals surface area contributed by atoms with E-state index in [0.29, 0.717) is 32.1 Å². The van der Waals surface area contributed by atoms with Crippen LogP contribution in [-0.4, -0.2) is 88.1 Å². The number of carboxylic acids is 1. The minimum atomic E-state index is -4.79. The smallest absolute Gasteiger partial charge is 0.472 e. The summed E-state index contributed by atoms with van der Waals surface area (Å²) in [5.74, 6) is -3.24. The summed E-state index contributed by atoms with van der Waals surface area (Å²) in [6.07, 6.45) is 37.2. The minimum absolute atomic E-state index is 0.0191. The van der Waals surface area contributed by atoms with Crippen molar-refractivity contribution in [3.8, 4) is 0 Å². The van der Waals surface area contributed by atoms with Gasteiger partial charge >= 0.3 is 25.7 Å². The first kappa shape index (κ1) is 57.5. The Morgan fingerprint density at radius 2 is 1.33 bits per heavy atom. The number of carbonyl (C=O) groups is 4. The summed E-state index contributed by atoms with van der Waals surface area (Å²) in [6, 6.07) is -1.57. The Labute approximate surface area is 376 Å². The molecule has 0 aromatic rings. The summed E-state index contributed by atoms with van der Waals surface area (Å²) in [4.78, 5) is 58.9. The minimum Gasteiger partial charge on any atom is -0.480 e. The highest BCUT2D eigenvalue weighted by Gasteiger charge is 2.39. The number of hydrogen-bond acceptors (Lipinski definition) is 12. The highest BCUT2D eigenvalue weighted by Crippen LogP contribution is 2.43. The van der Waals surface area contributed by atoms with Crippen LogP contribution in [0.25, 0.3) is 0 Å². The highest BCUT2D eigenvalue weighted by molar-refractivity contribution is 7.47. The van der Waals surface area contributed by atoms with Crippen LogP contribution < -0.4 is 5.73 Å². The number of esters is 2. The van der Waals surface area contributed by atoms with Crippen molar-refractivity contribution < 1.29 is 62.5 Å². The number of aliphatic hydroxyl groups excluding tert-OH is 2. The van der Waals surface area contributed by atoms with Gasteiger partial charge in [0, 0.05) is 31.1 Å². The van der Waals surface area contributed by atoms with Gasteiger partial charge in [0.15, 0.2) is 6.10 Å². The molecule has 0 spiro atoms. The number of carbonyl (C=O) groups excluding carboxylic acids is 3. The fraction of sp³-hybridized carbons (Fsp3) is 0.667. The number of phosphoric acid groups is 1. The van der Waals surface area contributed by atoms with Crippen molar-refractivity contribution in [1.29, 1.82) is 0 Å². The molecule has 7 atom stereocenters. The molecule has 6 N–H and O–H groups in total. The highest BCUT2D eigenvalue weighted by atomic mass is 31.2. The molecule has 14 nitrogen and oxygen atoms in total. The van der Waals surface area contributed by atoms with E-state index in [0.717, 1.165) is 83.5 Å². The number of carboxylic acid groups (broad SMARTS) is 1. The van der Waals surface area contributed by atoms with Gasteiger partial charge in [0.25, 0.3) is 0 Å². The first-order chi connectivity index (χ1) is 30.3. The van der Waals surface area contributed by atoms with Gasteiger partial charge in [-0.25, -0.2) is 4.57 Å². The maximum atomic E-state index is 12.7. The van der Waals surface area contributed by atoms with Crippen LogP contribution in [0, 0.1) is 11.8 Å². The topological polar surface area (TPSA) is 229 Å². The molecule has 1 rings (SSSR count). The second-order valence-electron chi connectivity index (χ2n) is 15.9. The van der Waals surface area contributed by atoms with E-state index in [9.17, 15) is 38.8 Å². The zero-order chi connectivity index (χ0) is 46.6. The molecular formula is C48H78NO13P. The lowest BCUT2D eigenvalue weighted by Gasteiger charge is -2.20. The number of rotatable bonds is 38. The second kappa shape index (κ2) is 36.8. The van der Waals surface area contributed by atoms with Gasteiger partial charge in [-0.15, -0.1) is 0 Å². The molecular weight excluding hydrogens is 829 g/mol. The van der Waals surface area contributed by atoms with E-state index in [4.69, 9.17) is 24.8 Å². The summed E-state index contributed by atoms with van der Waals surface area (Å²) < 4.78 is 32.7. The lowest BCUT2D eigenvalue weighted by Crippen LogP contribution is -2.34. The van der Waals surface area contributed by atoms with Crippen molar-refractivity contribution in [1.82, 2.24) is 0 Å². The zero-order valence-electron chi connectivity index (χ0n) is 37.9. The monoisotopic (exact) mass is 908 g/mol. The molecule has 1 aliphatic carbocycles. The quantitative estimate of drug-likeness (QED) is 0.0168. The molecule has 1 unspecified atom stereocenters. The number of nitrogens with two attached hydrogens (primary N) is 1. The van der Waals surface area contributed by atoms with E-state index in [2.05, 4.69) is 79.1 Å². The molecule has 1 fully saturated rings. The molecule has 0 bridgehead atoms. The third kappa shape index (κ3) is 31.1. The van der Waals surface area contributed by atoms with Crippen LogP contribution in [0.5, 0.6) is 0 Å². The normalized spacial score (nSPS) is 19.6. The molecule has 0 heterocycles. The van der Waals surface area contributed by atoms with Gasteiger partial charge in [-0.1, -0.05) is 132 Å². The fourth-order valence-corrected chi connectivity index (χ4v) is 7.47. The number of ketones is 1. The SMILES string of the molecule is CC/C=C\C/C=C\C/C=C\C/C=C\C/C=C\CCCCCC(=O)O[C@H](COC(=O)CCCCCC[C@H]1C(=O)C[C@@H](O)[C@@H]1/C=C/[C@@H](O)CCCCC)COP(=O)(O)OC[C@H](N)C(=O)O. The Kier molecular flexibility index (Phi) is 33.6. The van der Waals surface area contributed by atoms with Crippen molar-refractivity contribution in [2.24, 2.45) is 17.6 Å². The van der Waals surface area contributed by atoms with Gasteiger partial charge in [-0.2, -0.15) is 0 Å². The van der Waals surface area contributed by atoms with Crippen LogP contribution in [0.15, 0.2) is 72.9 Å². The third-order valence-corrected chi connectivity index (χ3v) is 11.3. The van der Waals surface area contributed by atoms with Gasteiger partial charge < -0.3 is 35.4 Å². The molecule has 0 aromatic heterocycles. The largest absolute Gasteiger partial charge is 0.480 e. The van der Waals surface area contributed by atoms with Crippen molar-refractivity contribution >= 4 is 31.5 Å². The molecule has 358 valence electrons. The van der Waals surface area contributed by atoms with Crippen LogP contribution in [0.2, 0.25) is 0 Å². The molecule has 0 saturated heterocycles. The summed E-state index contributed by atoms with van der Waals surface area (Å²) in [5, 5.41) is 29.6. The van der Waals surface area contributed by atoms with Crippen LogP contribution in [-0.2, 0) is 42.3 Å². The van der Waals surface area contributed by atoms with E-state index < -0.39 is 69.9 Å². The number of phosphoric ester groups is 1. The Bertz CT molecular complexity index is 1510. The van der Waals surface area contributed by atoms with Crippen molar-refractivity contribution in [2.45, 2.75) is 173 Å². The number of ether oxygens (including phenoxy) is 2. The molecule has 0 aromatic carbocycles. The van der Waals surface area contributed by atoms with Crippen molar-refractivity contribution in [3.05, 3.63) is 72.9 Å². The molecule has 1 saturated carbocycles. The average Bonchev–Trinajstić information content (AvgIpc) is 3.52. The standard InChI is InChI=1S/C48H78NO13P/c1-3-5-7-8-9-10-11-12-13-14-15-16-17-18-19-20-21-22-28-32-47(54)62-40(37-60-63(57,58)61-38-43(49)48(55)56)36-59-46(53)31-27-24-23-26-30-41-42(45(52)35-44(41)51)34-33-39(50)29-25-6-4-2/h5,7,9-10,12-13,15-16,18-19,33-34,39-43,45,50,52H,3-4,6,8,11,14,17,20-32,35-38,49H2,1-2H3,(H,55,56)(H,57,58)/b7-5-,10-9-,13-12-,16-15-,19-18-,34-33+/t39-,40+,41+,42+,43-,45+/m0/s1. The number of aliphatic hydroxyl groups is 2. The molecule has 63 heavy (non-hydrogen) atoms. The Morgan fingerprint density at radius 1 is 0.762 bits per heavy atom. The van der Waals surface area contributed by atoms with Gasteiger partial charge in [-0.3, -0.25) is 28.2 Å². The number of aliphatic carboxylic acids is 1. The Morgan fingerprint density at radius 3 is 1.95 bits per heavy atom. The van der Waals surface area contributed by atoms with Crippen LogP contribution >= 0.6 is 7.82 Å². The molecule has 1 aliphatic rings. The molecule has 0 radical (unpaired) electrons. The number of allylic oxidation sites excluding steroid dienone is 10. The summed E-state index contributed by atoms with van der Waals surface area (Å²) in [7, 11) is -4.79. The molecule has 15 heteroatoms. The summed E-state index contributed by atoms with van der Waals surface area (Å²) >= 11 is 0. The predicted molar refractivity (Wildman–Crippen MR) is 245 cm³/mol. The molecule has 0 amide bonds. The van der Waals surface area contributed by atoms with Crippen LogP contribution in [0.4, 0.5) is 0 Å². The van der Waals surface area contributed by atoms with Gasteiger partial charge in [-0.05, 0) is 70.6 Å². The van der Waals surface area contributed by atoms with Crippen molar-refractivity contribution in [3.63, 3.8) is 0 Å². The van der Waals surface area contributed by atoms with Gasteiger partial charge in [0.05, 0.1) is 25.4 Å².